The predicted molar refractivity (Wildman–Crippen MR) is 141 cm³/mol. The van der Waals surface area contributed by atoms with Crippen LogP contribution in [-0.2, 0) is 6.54 Å². The molecule has 0 aliphatic heterocycles. The van der Waals surface area contributed by atoms with Gasteiger partial charge in [-0.05, 0) is 36.4 Å². The van der Waals surface area contributed by atoms with Gasteiger partial charge in [0.2, 0.25) is 0 Å². The largest absolute Gasteiger partial charge is 0.384 e. The average molecular weight is 489 g/mol. The van der Waals surface area contributed by atoms with Crippen LogP contribution in [0.25, 0.3) is 22.4 Å². The molecule has 180 valence electrons. The molecular weight excluding hydrogens is 467 g/mol. The summed E-state index contributed by atoms with van der Waals surface area (Å²) in [6.07, 6.45) is 6.86. The standard InChI is InChI=1S/C28H21FN8/c29-23-7-3-1-5-19(23)18-36-24-8-4-2-6-22(24)27(35-36)28-33-25(30)17-26(34-28)37(20-9-13-31-14-10-20)21-11-15-32-16-12-21/h1-17H,18H2,(H2,30,33,34). The van der Waals surface area contributed by atoms with Crippen molar-refractivity contribution in [1.29, 1.82) is 0 Å². The zero-order valence-corrected chi connectivity index (χ0v) is 19.6. The van der Waals surface area contributed by atoms with E-state index in [1.165, 1.54) is 6.07 Å². The molecule has 2 N–H and O–H groups in total. The zero-order chi connectivity index (χ0) is 25.2. The summed E-state index contributed by atoms with van der Waals surface area (Å²) in [4.78, 5) is 19.6. The molecule has 6 aromatic rings. The first-order valence-corrected chi connectivity index (χ1v) is 11.6. The smallest absolute Gasteiger partial charge is 0.184 e. The monoisotopic (exact) mass is 488 g/mol. The van der Waals surface area contributed by atoms with Gasteiger partial charge in [0.25, 0.3) is 0 Å². The highest BCUT2D eigenvalue weighted by molar-refractivity contribution is 5.92. The molecule has 0 fully saturated rings. The number of hydrogen-bond acceptors (Lipinski definition) is 7. The quantitative estimate of drug-likeness (QED) is 0.329. The van der Waals surface area contributed by atoms with E-state index in [0.717, 1.165) is 22.3 Å². The molecule has 0 spiro atoms. The number of para-hydroxylation sites is 1. The number of pyridine rings is 2. The second-order valence-electron chi connectivity index (χ2n) is 8.34. The van der Waals surface area contributed by atoms with Crippen LogP contribution in [0.4, 0.5) is 27.4 Å². The topological polar surface area (TPSA) is 98.6 Å². The molecule has 0 amide bonds. The van der Waals surface area contributed by atoms with Crippen molar-refractivity contribution in [3.8, 4) is 11.5 Å². The van der Waals surface area contributed by atoms with Crippen LogP contribution in [0.2, 0.25) is 0 Å². The van der Waals surface area contributed by atoms with Gasteiger partial charge in [-0.3, -0.25) is 19.5 Å². The number of nitrogens with zero attached hydrogens (tertiary/aromatic N) is 7. The highest BCUT2D eigenvalue weighted by Crippen LogP contribution is 2.35. The summed E-state index contributed by atoms with van der Waals surface area (Å²) in [5.41, 5.74) is 9.93. The van der Waals surface area contributed by atoms with E-state index >= 15 is 0 Å². The number of fused-ring (bicyclic) bond motifs is 1. The third kappa shape index (κ3) is 4.34. The number of hydrogen-bond donors (Lipinski definition) is 1. The number of nitrogen functional groups attached to an aromatic ring is 1. The fourth-order valence-electron chi connectivity index (χ4n) is 4.27. The van der Waals surface area contributed by atoms with Gasteiger partial charge in [-0.2, -0.15) is 5.10 Å². The fourth-order valence-corrected chi connectivity index (χ4v) is 4.27. The highest BCUT2D eigenvalue weighted by atomic mass is 19.1. The van der Waals surface area contributed by atoms with Crippen LogP contribution in [0, 0.1) is 5.82 Å². The minimum Gasteiger partial charge on any atom is -0.384 e. The van der Waals surface area contributed by atoms with E-state index in [-0.39, 0.29) is 12.4 Å². The number of benzene rings is 2. The fraction of sp³-hybridized carbons (Fsp3) is 0.0357. The van der Waals surface area contributed by atoms with Crippen LogP contribution in [0.1, 0.15) is 5.56 Å². The van der Waals surface area contributed by atoms with Gasteiger partial charge in [-0.15, -0.1) is 0 Å². The van der Waals surface area contributed by atoms with Crippen LogP contribution < -0.4 is 10.6 Å². The van der Waals surface area contributed by atoms with Crippen molar-refractivity contribution in [3.05, 3.63) is 115 Å². The summed E-state index contributed by atoms with van der Waals surface area (Å²) in [5, 5.41) is 5.66. The summed E-state index contributed by atoms with van der Waals surface area (Å²) >= 11 is 0. The van der Waals surface area contributed by atoms with Gasteiger partial charge in [0.15, 0.2) is 5.82 Å². The molecule has 6 rings (SSSR count). The van der Waals surface area contributed by atoms with Crippen molar-refractivity contribution in [1.82, 2.24) is 29.7 Å². The Morgan fingerprint density at radius 2 is 1.43 bits per heavy atom. The minimum atomic E-state index is -0.281. The number of aromatic nitrogens is 6. The molecular formula is C28H21FN8. The van der Waals surface area contributed by atoms with E-state index in [1.54, 1.807) is 47.7 Å². The SMILES string of the molecule is Nc1cc(N(c2ccncc2)c2ccncc2)nc(-c2nn(Cc3ccccc3F)c3ccccc23)n1. The second-order valence-corrected chi connectivity index (χ2v) is 8.34. The normalized spacial score (nSPS) is 11.1. The van der Waals surface area contributed by atoms with Gasteiger partial charge >= 0.3 is 0 Å². The van der Waals surface area contributed by atoms with Gasteiger partial charge in [-0.25, -0.2) is 14.4 Å². The molecule has 4 aromatic heterocycles. The molecule has 0 saturated heterocycles. The van der Waals surface area contributed by atoms with Gasteiger partial charge < -0.3 is 5.73 Å². The van der Waals surface area contributed by atoms with Crippen molar-refractivity contribution in [2.45, 2.75) is 6.54 Å². The zero-order valence-electron chi connectivity index (χ0n) is 19.6. The molecule has 0 radical (unpaired) electrons. The minimum absolute atomic E-state index is 0.266. The Bertz CT molecular complexity index is 1650. The van der Waals surface area contributed by atoms with E-state index in [0.29, 0.717) is 28.7 Å². The first-order chi connectivity index (χ1) is 18.2. The van der Waals surface area contributed by atoms with Crippen LogP contribution in [0.5, 0.6) is 0 Å². The van der Waals surface area contributed by atoms with E-state index in [1.807, 2.05) is 59.5 Å². The highest BCUT2D eigenvalue weighted by Gasteiger charge is 2.20. The molecule has 0 aliphatic rings. The van der Waals surface area contributed by atoms with Crippen LogP contribution in [-0.4, -0.2) is 29.7 Å². The second kappa shape index (κ2) is 9.46. The lowest BCUT2D eigenvalue weighted by Gasteiger charge is -2.24. The summed E-state index contributed by atoms with van der Waals surface area (Å²) in [5.74, 6) is 0.941. The summed E-state index contributed by atoms with van der Waals surface area (Å²) < 4.78 is 16.2. The summed E-state index contributed by atoms with van der Waals surface area (Å²) in [7, 11) is 0. The molecule has 0 aliphatic carbocycles. The number of nitrogens with two attached hydrogens (primary N) is 1. The van der Waals surface area contributed by atoms with Crippen LogP contribution in [0.3, 0.4) is 0 Å². The Kier molecular flexibility index (Phi) is 5.70. The molecule has 0 unspecified atom stereocenters. The number of rotatable bonds is 6. The molecule has 9 heteroatoms. The van der Waals surface area contributed by atoms with E-state index in [4.69, 9.17) is 15.8 Å². The van der Waals surface area contributed by atoms with Crippen LogP contribution >= 0.6 is 0 Å². The Morgan fingerprint density at radius 3 is 2.14 bits per heavy atom. The molecule has 8 nitrogen and oxygen atoms in total. The predicted octanol–water partition coefficient (Wildman–Crippen LogP) is 5.52. The van der Waals surface area contributed by atoms with Crippen LogP contribution in [0.15, 0.2) is 104 Å². The van der Waals surface area contributed by atoms with Gasteiger partial charge in [0, 0.05) is 41.8 Å². The molecule has 37 heavy (non-hydrogen) atoms. The number of anilines is 4. The maximum absolute atomic E-state index is 14.4. The Hall–Kier alpha value is -5.18. The maximum Gasteiger partial charge on any atom is 0.184 e. The number of halogens is 1. The van der Waals surface area contributed by atoms with E-state index in [2.05, 4.69) is 15.0 Å². The van der Waals surface area contributed by atoms with Crippen molar-refractivity contribution < 1.29 is 4.39 Å². The maximum atomic E-state index is 14.4. The molecule has 0 saturated carbocycles. The lowest BCUT2D eigenvalue weighted by atomic mass is 10.2. The molecule has 2 aromatic carbocycles. The van der Waals surface area contributed by atoms with Gasteiger partial charge in [-0.1, -0.05) is 36.4 Å². The third-order valence-electron chi connectivity index (χ3n) is 5.95. The van der Waals surface area contributed by atoms with Gasteiger partial charge in [0.05, 0.1) is 23.4 Å². The Labute approximate surface area is 211 Å². The van der Waals surface area contributed by atoms with Crippen molar-refractivity contribution in [2.24, 2.45) is 0 Å². The summed E-state index contributed by atoms with van der Waals surface area (Å²) in [6.45, 7) is 0.266. The Morgan fingerprint density at radius 1 is 0.784 bits per heavy atom. The molecule has 0 atom stereocenters. The van der Waals surface area contributed by atoms with Crippen molar-refractivity contribution in [2.75, 3.05) is 10.6 Å². The van der Waals surface area contributed by atoms with Crippen molar-refractivity contribution >= 4 is 33.9 Å². The first-order valence-electron chi connectivity index (χ1n) is 11.6. The van der Waals surface area contributed by atoms with E-state index < -0.39 is 0 Å². The van der Waals surface area contributed by atoms with Crippen molar-refractivity contribution in [3.63, 3.8) is 0 Å². The third-order valence-corrected chi connectivity index (χ3v) is 5.95. The molecule has 4 heterocycles. The lowest BCUT2D eigenvalue weighted by molar-refractivity contribution is 0.590. The average Bonchev–Trinajstić information content (AvgIpc) is 3.30. The first kappa shape index (κ1) is 22.3. The molecule has 0 bridgehead atoms. The van der Waals surface area contributed by atoms with E-state index in [9.17, 15) is 4.39 Å². The van der Waals surface area contributed by atoms with Gasteiger partial charge in [0.1, 0.15) is 23.1 Å². The Balaban J connectivity index is 1.50. The lowest BCUT2D eigenvalue weighted by Crippen LogP contribution is -2.13. The summed E-state index contributed by atoms with van der Waals surface area (Å²) in [6, 6.07) is 23.7.